The van der Waals surface area contributed by atoms with Crippen LogP contribution in [0.3, 0.4) is 0 Å². The third-order valence-corrected chi connectivity index (χ3v) is 4.27. The number of unbranched alkanes of at least 4 members (excludes halogenated alkanes) is 9. The average Bonchev–Trinajstić information content (AvgIpc) is 2.53. The zero-order valence-corrected chi connectivity index (χ0v) is 14.9. The Morgan fingerprint density at radius 2 is 1.43 bits per heavy atom. The second kappa shape index (κ2) is 12.1. The standard InChI is InChI=1S/C20H34O3/c1-3-4-5-6-7-8-9-10-11-12-14-17(2)23-19-16-13-15-18(21)20(19)22/h13,15-17,21-22H,3-12,14H2,1-2H3. The smallest absolute Gasteiger partial charge is 0.200 e. The van der Waals surface area contributed by atoms with Crippen LogP contribution in [0.25, 0.3) is 0 Å². The predicted octanol–water partition coefficient (Wildman–Crippen LogP) is 6.18. The Balaban J connectivity index is 2.02. The van der Waals surface area contributed by atoms with Gasteiger partial charge in [0.25, 0.3) is 0 Å². The lowest BCUT2D eigenvalue weighted by atomic mass is 10.0. The van der Waals surface area contributed by atoms with E-state index in [4.69, 9.17) is 4.74 Å². The van der Waals surface area contributed by atoms with Gasteiger partial charge in [0.1, 0.15) is 0 Å². The van der Waals surface area contributed by atoms with E-state index in [2.05, 4.69) is 6.92 Å². The van der Waals surface area contributed by atoms with Crippen LogP contribution in [0.1, 0.15) is 84.5 Å². The minimum atomic E-state index is -0.164. The molecule has 1 atom stereocenters. The van der Waals surface area contributed by atoms with Crippen molar-refractivity contribution in [2.45, 2.75) is 90.6 Å². The highest BCUT2D eigenvalue weighted by Crippen LogP contribution is 2.35. The van der Waals surface area contributed by atoms with Crippen molar-refractivity contribution in [3.05, 3.63) is 18.2 Å². The van der Waals surface area contributed by atoms with Gasteiger partial charge < -0.3 is 14.9 Å². The SMILES string of the molecule is CCCCCCCCCCCCC(C)Oc1cccc(O)c1O. The molecule has 0 aliphatic rings. The van der Waals surface area contributed by atoms with Crippen molar-refractivity contribution < 1.29 is 14.9 Å². The molecule has 0 saturated carbocycles. The number of rotatable bonds is 13. The monoisotopic (exact) mass is 322 g/mol. The molecule has 0 amide bonds. The summed E-state index contributed by atoms with van der Waals surface area (Å²) in [5.41, 5.74) is 0. The zero-order chi connectivity index (χ0) is 16.9. The highest BCUT2D eigenvalue weighted by Gasteiger charge is 2.10. The Bertz CT molecular complexity index is 417. The van der Waals surface area contributed by atoms with E-state index in [1.807, 2.05) is 6.92 Å². The highest BCUT2D eigenvalue weighted by molar-refractivity contribution is 5.48. The molecule has 0 aromatic heterocycles. The van der Waals surface area contributed by atoms with Crippen LogP contribution < -0.4 is 4.74 Å². The molecule has 1 rings (SSSR count). The van der Waals surface area contributed by atoms with Gasteiger partial charge in [-0.15, -0.1) is 0 Å². The van der Waals surface area contributed by atoms with Crippen LogP contribution in [-0.4, -0.2) is 16.3 Å². The first-order valence-electron chi connectivity index (χ1n) is 9.32. The number of phenolic OH excluding ortho intramolecular Hbond substituents is 2. The fraction of sp³-hybridized carbons (Fsp3) is 0.700. The van der Waals surface area contributed by atoms with Crippen LogP contribution in [0.4, 0.5) is 0 Å². The van der Waals surface area contributed by atoms with Gasteiger partial charge in [0.15, 0.2) is 11.5 Å². The maximum absolute atomic E-state index is 9.72. The Hall–Kier alpha value is -1.38. The van der Waals surface area contributed by atoms with Crippen LogP contribution in [-0.2, 0) is 0 Å². The van der Waals surface area contributed by atoms with Crippen molar-refractivity contribution in [1.82, 2.24) is 0 Å². The molecule has 23 heavy (non-hydrogen) atoms. The molecule has 3 heteroatoms. The third-order valence-electron chi connectivity index (χ3n) is 4.27. The molecule has 0 aliphatic carbocycles. The summed E-state index contributed by atoms with van der Waals surface area (Å²) in [6, 6.07) is 4.82. The lowest BCUT2D eigenvalue weighted by Gasteiger charge is -2.15. The van der Waals surface area contributed by atoms with Crippen LogP contribution in [0.5, 0.6) is 17.2 Å². The molecule has 132 valence electrons. The number of phenols is 2. The van der Waals surface area contributed by atoms with E-state index in [0.29, 0.717) is 5.75 Å². The minimum Gasteiger partial charge on any atom is -0.504 e. The molecule has 1 unspecified atom stereocenters. The van der Waals surface area contributed by atoms with Gasteiger partial charge >= 0.3 is 0 Å². The first-order chi connectivity index (χ1) is 11.1. The van der Waals surface area contributed by atoms with Gasteiger partial charge in [0.2, 0.25) is 5.75 Å². The van der Waals surface area contributed by atoms with Crippen LogP contribution >= 0.6 is 0 Å². The molecule has 3 nitrogen and oxygen atoms in total. The molecule has 0 saturated heterocycles. The van der Waals surface area contributed by atoms with Crippen molar-refractivity contribution in [2.75, 3.05) is 0 Å². The summed E-state index contributed by atoms with van der Waals surface area (Å²) in [5, 5.41) is 19.2. The van der Waals surface area contributed by atoms with Gasteiger partial charge in [-0.1, -0.05) is 70.8 Å². The van der Waals surface area contributed by atoms with Gasteiger partial charge in [0, 0.05) is 0 Å². The van der Waals surface area contributed by atoms with E-state index in [1.165, 1.54) is 63.9 Å². The summed E-state index contributed by atoms with van der Waals surface area (Å²) in [7, 11) is 0. The number of hydrogen-bond acceptors (Lipinski definition) is 3. The van der Waals surface area contributed by atoms with Crippen molar-refractivity contribution in [2.24, 2.45) is 0 Å². The van der Waals surface area contributed by atoms with Crippen LogP contribution in [0.15, 0.2) is 18.2 Å². The van der Waals surface area contributed by atoms with Crippen molar-refractivity contribution >= 4 is 0 Å². The Morgan fingerprint density at radius 1 is 0.870 bits per heavy atom. The normalized spacial score (nSPS) is 12.3. The summed E-state index contributed by atoms with van der Waals surface area (Å²) in [5.74, 6) is 0.0700. The second-order valence-corrected chi connectivity index (χ2v) is 6.52. The van der Waals surface area contributed by atoms with Gasteiger partial charge in [-0.3, -0.25) is 0 Å². The average molecular weight is 322 g/mol. The molecule has 1 aromatic rings. The fourth-order valence-electron chi connectivity index (χ4n) is 2.80. The number of hydrogen-bond donors (Lipinski definition) is 2. The molecular formula is C20H34O3. The summed E-state index contributed by atoms with van der Waals surface area (Å²) >= 11 is 0. The van der Waals surface area contributed by atoms with E-state index >= 15 is 0 Å². The number of benzene rings is 1. The fourth-order valence-corrected chi connectivity index (χ4v) is 2.80. The highest BCUT2D eigenvalue weighted by atomic mass is 16.5. The molecule has 0 bridgehead atoms. The summed E-state index contributed by atoms with van der Waals surface area (Å²) in [6.45, 7) is 4.27. The maximum Gasteiger partial charge on any atom is 0.200 e. The largest absolute Gasteiger partial charge is 0.504 e. The molecule has 0 heterocycles. The topological polar surface area (TPSA) is 49.7 Å². The first kappa shape index (κ1) is 19.7. The lowest BCUT2D eigenvalue weighted by Crippen LogP contribution is -2.11. The Labute approximate surface area is 141 Å². The van der Waals surface area contributed by atoms with Crippen molar-refractivity contribution in [3.8, 4) is 17.2 Å². The lowest BCUT2D eigenvalue weighted by molar-refractivity contribution is 0.197. The summed E-state index contributed by atoms with van der Waals surface area (Å²) in [6.07, 6.45) is 14.3. The molecule has 1 aromatic carbocycles. The summed E-state index contributed by atoms with van der Waals surface area (Å²) in [4.78, 5) is 0. The molecular weight excluding hydrogens is 288 g/mol. The predicted molar refractivity (Wildman–Crippen MR) is 96.3 cm³/mol. The zero-order valence-electron chi connectivity index (χ0n) is 14.9. The Morgan fingerprint density at radius 3 is 2.04 bits per heavy atom. The van der Waals surface area contributed by atoms with E-state index in [0.717, 1.165) is 12.8 Å². The molecule has 0 aliphatic heterocycles. The van der Waals surface area contributed by atoms with E-state index in [-0.39, 0.29) is 17.6 Å². The second-order valence-electron chi connectivity index (χ2n) is 6.52. The Kier molecular flexibility index (Phi) is 10.3. The van der Waals surface area contributed by atoms with Crippen LogP contribution in [0, 0.1) is 0 Å². The van der Waals surface area contributed by atoms with Crippen molar-refractivity contribution in [3.63, 3.8) is 0 Å². The van der Waals surface area contributed by atoms with Crippen molar-refractivity contribution in [1.29, 1.82) is 0 Å². The minimum absolute atomic E-state index is 0.0525. The van der Waals surface area contributed by atoms with Gasteiger partial charge in [0.05, 0.1) is 6.10 Å². The quantitative estimate of drug-likeness (QED) is 0.337. The van der Waals surface area contributed by atoms with E-state index < -0.39 is 0 Å². The van der Waals surface area contributed by atoms with E-state index in [9.17, 15) is 10.2 Å². The maximum atomic E-state index is 9.72. The molecule has 0 spiro atoms. The van der Waals surface area contributed by atoms with Crippen LogP contribution in [0.2, 0.25) is 0 Å². The third kappa shape index (κ3) is 8.73. The van der Waals surface area contributed by atoms with E-state index in [1.54, 1.807) is 12.1 Å². The first-order valence-corrected chi connectivity index (χ1v) is 9.32. The number of para-hydroxylation sites is 1. The number of ether oxygens (including phenoxy) is 1. The summed E-state index contributed by atoms with van der Waals surface area (Å²) < 4.78 is 5.70. The van der Waals surface area contributed by atoms with Gasteiger partial charge in [-0.05, 0) is 31.9 Å². The van der Waals surface area contributed by atoms with Gasteiger partial charge in [-0.25, -0.2) is 0 Å². The molecule has 2 N–H and O–H groups in total. The number of aromatic hydroxyl groups is 2. The molecule has 0 fully saturated rings. The van der Waals surface area contributed by atoms with Gasteiger partial charge in [-0.2, -0.15) is 0 Å². The molecule has 0 radical (unpaired) electrons.